The highest BCUT2D eigenvalue weighted by Gasteiger charge is 2.11. The number of carbonyl (C=O) groups is 1. The number of phenols is 1. The fourth-order valence-corrected chi connectivity index (χ4v) is 2.26. The van der Waals surface area contributed by atoms with Crippen molar-refractivity contribution in [2.75, 3.05) is 6.54 Å². The van der Waals surface area contributed by atoms with E-state index in [1.54, 1.807) is 11.3 Å². The van der Waals surface area contributed by atoms with Crippen molar-refractivity contribution in [2.24, 2.45) is 0 Å². The molecule has 19 heavy (non-hydrogen) atoms. The van der Waals surface area contributed by atoms with Gasteiger partial charge < -0.3 is 10.4 Å². The quantitative estimate of drug-likeness (QED) is 0.903. The summed E-state index contributed by atoms with van der Waals surface area (Å²) in [5.41, 5.74) is 0.848. The van der Waals surface area contributed by atoms with Crippen LogP contribution in [0.3, 0.4) is 0 Å². The molecule has 4 nitrogen and oxygen atoms in total. The molecule has 0 atom stereocenters. The molecule has 1 amide bonds. The first-order chi connectivity index (χ1) is 9.06. The van der Waals surface area contributed by atoms with Crippen LogP contribution in [-0.4, -0.2) is 22.5 Å². The van der Waals surface area contributed by atoms with E-state index in [4.69, 9.17) is 0 Å². The largest absolute Gasteiger partial charge is 0.507 e. The van der Waals surface area contributed by atoms with E-state index in [0.717, 1.165) is 28.9 Å². The second kappa shape index (κ2) is 5.79. The minimum atomic E-state index is -0.557. The van der Waals surface area contributed by atoms with Gasteiger partial charge in [0.2, 0.25) is 0 Å². The number of hydrogen-bond acceptors (Lipinski definition) is 4. The summed E-state index contributed by atoms with van der Waals surface area (Å²) >= 11 is 1.55. The summed E-state index contributed by atoms with van der Waals surface area (Å²) in [7, 11) is 0. The monoisotopic (exact) mass is 280 g/mol. The number of phenolic OH excluding ortho intramolecular Hbond substituents is 1. The molecule has 0 aliphatic rings. The first-order valence-corrected chi connectivity index (χ1v) is 6.62. The number of aromatic hydroxyl groups is 1. The molecule has 1 heterocycles. The van der Waals surface area contributed by atoms with Crippen LogP contribution in [0.5, 0.6) is 5.75 Å². The van der Waals surface area contributed by atoms with Crippen LogP contribution in [0.1, 0.15) is 21.1 Å². The van der Waals surface area contributed by atoms with Crippen molar-refractivity contribution in [3.63, 3.8) is 0 Å². The van der Waals surface area contributed by atoms with E-state index in [1.807, 2.05) is 12.3 Å². The normalized spacial score (nSPS) is 10.4. The van der Waals surface area contributed by atoms with Gasteiger partial charge in [0.25, 0.3) is 5.91 Å². The third-order valence-electron chi connectivity index (χ3n) is 2.54. The maximum Gasteiger partial charge on any atom is 0.255 e. The smallest absolute Gasteiger partial charge is 0.255 e. The van der Waals surface area contributed by atoms with E-state index in [-0.39, 0.29) is 11.3 Å². The maximum atomic E-state index is 13.0. The summed E-state index contributed by atoms with van der Waals surface area (Å²) < 4.78 is 13.0. The minimum absolute atomic E-state index is 0.0607. The van der Waals surface area contributed by atoms with Crippen molar-refractivity contribution in [2.45, 2.75) is 13.3 Å². The van der Waals surface area contributed by atoms with Crippen LogP contribution in [0.2, 0.25) is 0 Å². The molecule has 6 heteroatoms. The number of aryl methyl sites for hydroxylation is 1. The summed E-state index contributed by atoms with van der Waals surface area (Å²) in [4.78, 5) is 16.0. The Labute approximate surface area is 113 Å². The molecule has 0 aliphatic heterocycles. The molecular formula is C13H13FN2O2S. The number of aromatic nitrogens is 1. The lowest BCUT2D eigenvalue weighted by atomic mass is 10.2. The Hall–Kier alpha value is -1.95. The molecule has 2 N–H and O–H groups in total. The van der Waals surface area contributed by atoms with Crippen LogP contribution in [0.4, 0.5) is 4.39 Å². The van der Waals surface area contributed by atoms with Gasteiger partial charge in [-0.25, -0.2) is 9.37 Å². The van der Waals surface area contributed by atoms with E-state index in [2.05, 4.69) is 10.3 Å². The molecule has 0 aliphatic carbocycles. The van der Waals surface area contributed by atoms with Gasteiger partial charge in [-0.3, -0.25) is 4.79 Å². The Morgan fingerprint density at radius 1 is 1.53 bits per heavy atom. The van der Waals surface area contributed by atoms with Crippen LogP contribution in [0.25, 0.3) is 0 Å². The Balaban J connectivity index is 1.92. The zero-order chi connectivity index (χ0) is 13.8. The topological polar surface area (TPSA) is 62.2 Å². The average molecular weight is 280 g/mol. The molecule has 100 valence electrons. The third-order valence-corrected chi connectivity index (χ3v) is 3.36. The molecule has 0 saturated heterocycles. The molecule has 0 fully saturated rings. The zero-order valence-corrected chi connectivity index (χ0v) is 11.1. The maximum absolute atomic E-state index is 13.0. The Kier molecular flexibility index (Phi) is 4.11. The number of rotatable bonds is 4. The van der Waals surface area contributed by atoms with Gasteiger partial charge in [0.1, 0.15) is 11.6 Å². The van der Waals surface area contributed by atoms with E-state index < -0.39 is 11.7 Å². The number of benzene rings is 1. The van der Waals surface area contributed by atoms with Gasteiger partial charge in [-0.15, -0.1) is 11.3 Å². The third kappa shape index (κ3) is 3.51. The summed E-state index contributed by atoms with van der Waals surface area (Å²) in [6.07, 6.45) is 0.603. The van der Waals surface area contributed by atoms with Crippen molar-refractivity contribution in [3.8, 4) is 5.75 Å². The molecule has 0 bridgehead atoms. The van der Waals surface area contributed by atoms with Gasteiger partial charge in [0.05, 0.1) is 16.3 Å². The predicted molar refractivity (Wildman–Crippen MR) is 71.0 cm³/mol. The number of thiazole rings is 1. The molecule has 2 rings (SSSR count). The standard InChI is InChI=1S/C13H13FN2O2S/c1-8-16-10(7-19-8)4-5-15-13(18)11-6-9(14)2-3-12(11)17/h2-3,6-7,17H,4-5H2,1H3,(H,15,18). The zero-order valence-electron chi connectivity index (χ0n) is 10.3. The molecule has 1 aromatic heterocycles. The molecule has 0 spiro atoms. The van der Waals surface area contributed by atoms with Crippen molar-refractivity contribution in [1.29, 1.82) is 0 Å². The highest BCUT2D eigenvalue weighted by Crippen LogP contribution is 2.17. The van der Waals surface area contributed by atoms with Gasteiger partial charge in [-0.2, -0.15) is 0 Å². The first kappa shape index (κ1) is 13.5. The molecular weight excluding hydrogens is 267 g/mol. The predicted octanol–water partition coefficient (Wildman–Crippen LogP) is 2.27. The van der Waals surface area contributed by atoms with Crippen LogP contribution in [0, 0.1) is 12.7 Å². The lowest BCUT2D eigenvalue weighted by molar-refractivity contribution is 0.0951. The summed E-state index contributed by atoms with van der Waals surface area (Å²) in [5.74, 6) is -1.29. The van der Waals surface area contributed by atoms with E-state index in [9.17, 15) is 14.3 Å². The molecule has 2 aromatic rings. The van der Waals surface area contributed by atoms with Gasteiger partial charge in [-0.05, 0) is 25.1 Å². The Morgan fingerprint density at radius 2 is 2.32 bits per heavy atom. The van der Waals surface area contributed by atoms with Crippen LogP contribution in [-0.2, 0) is 6.42 Å². The van der Waals surface area contributed by atoms with Crippen LogP contribution >= 0.6 is 11.3 Å². The van der Waals surface area contributed by atoms with E-state index >= 15 is 0 Å². The summed E-state index contributed by atoms with van der Waals surface area (Å²) in [6, 6.07) is 3.27. The Bertz CT molecular complexity index is 598. The SMILES string of the molecule is Cc1nc(CCNC(=O)c2cc(F)ccc2O)cs1. The second-order valence-electron chi connectivity index (χ2n) is 4.03. The van der Waals surface area contributed by atoms with E-state index in [1.165, 1.54) is 0 Å². The molecule has 0 unspecified atom stereocenters. The van der Waals surface area contributed by atoms with Crippen LogP contribution < -0.4 is 5.32 Å². The van der Waals surface area contributed by atoms with Gasteiger partial charge in [0, 0.05) is 18.3 Å². The van der Waals surface area contributed by atoms with Crippen molar-refractivity contribution in [1.82, 2.24) is 10.3 Å². The molecule has 0 radical (unpaired) electrons. The van der Waals surface area contributed by atoms with Gasteiger partial charge >= 0.3 is 0 Å². The number of hydrogen-bond donors (Lipinski definition) is 2. The molecule has 0 saturated carbocycles. The number of nitrogens with one attached hydrogen (secondary N) is 1. The van der Waals surface area contributed by atoms with Crippen molar-refractivity contribution >= 4 is 17.2 Å². The minimum Gasteiger partial charge on any atom is -0.507 e. The fourth-order valence-electron chi connectivity index (χ4n) is 1.61. The lowest BCUT2D eigenvalue weighted by Crippen LogP contribution is -2.26. The van der Waals surface area contributed by atoms with Crippen molar-refractivity contribution < 1.29 is 14.3 Å². The average Bonchev–Trinajstić information content (AvgIpc) is 2.78. The summed E-state index contributed by atoms with van der Waals surface area (Å²) in [6.45, 7) is 2.30. The second-order valence-corrected chi connectivity index (χ2v) is 5.09. The number of carbonyl (C=O) groups excluding carboxylic acids is 1. The van der Waals surface area contributed by atoms with Crippen molar-refractivity contribution in [3.05, 3.63) is 45.7 Å². The highest BCUT2D eigenvalue weighted by molar-refractivity contribution is 7.09. The Morgan fingerprint density at radius 3 is 3.00 bits per heavy atom. The van der Waals surface area contributed by atoms with Gasteiger partial charge in [0.15, 0.2) is 0 Å². The lowest BCUT2D eigenvalue weighted by Gasteiger charge is -2.06. The van der Waals surface area contributed by atoms with Crippen LogP contribution in [0.15, 0.2) is 23.6 Å². The first-order valence-electron chi connectivity index (χ1n) is 5.74. The number of nitrogens with zero attached hydrogens (tertiary/aromatic N) is 1. The number of amides is 1. The fraction of sp³-hybridized carbons (Fsp3) is 0.231. The molecule has 1 aromatic carbocycles. The number of halogens is 1. The summed E-state index contributed by atoms with van der Waals surface area (Å²) in [5, 5.41) is 15.0. The highest BCUT2D eigenvalue weighted by atomic mass is 32.1. The van der Waals surface area contributed by atoms with Gasteiger partial charge in [-0.1, -0.05) is 0 Å². The van der Waals surface area contributed by atoms with E-state index in [0.29, 0.717) is 13.0 Å².